The van der Waals surface area contributed by atoms with Gasteiger partial charge in [0.05, 0.1) is 11.5 Å². The van der Waals surface area contributed by atoms with E-state index < -0.39 is 27.9 Å². The Balaban J connectivity index is 1.95. The number of amides is 2. The number of aliphatic carboxylic acids is 1. The van der Waals surface area contributed by atoms with Crippen molar-refractivity contribution >= 4 is 21.8 Å². The average molecular weight is 368 g/mol. The fourth-order valence-corrected chi connectivity index (χ4v) is 5.15. The highest BCUT2D eigenvalue weighted by molar-refractivity contribution is 7.91. The molecule has 1 aliphatic heterocycles. The van der Waals surface area contributed by atoms with E-state index >= 15 is 0 Å². The van der Waals surface area contributed by atoms with Gasteiger partial charge in [0.15, 0.2) is 9.84 Å². The summed E-state index contributed by atoms with van der Waals surface area (Å²) in [5, 5.41) is 14.4. The molecule has 138 valence electrons. The van der Waals surface area contributed by atoms with Gasteiger partial charge in [-0.2, -0.15) is 0 Å². The van der Waals surface area contributed by atoms with Gasteiger partial charge in [0.1, 0.15) is 0 Å². The van der Waals surface area contributed by atoms with E-state index in [-0.39, 0.29) is 29.9 Å². The zero-order chi connectivity index (χ0) is 18.4. The highest BCUT2D eigenvalue weighted by atomic mass is 32.2. The lowest BCUT2D eigenvalue weighted by molar-refractivity contribution is -0.137. The van der Waals surface area contributed by atoms with Crippen LogP contribution in [0.5, 0.6) is 0 Å². The Labute approximate surface area is 147 Å². The third kappa shape index (κ3) is 6.38. The Hall–Kier alpha value is -2.09. The van der Waals surface area contributed by atoms with Gasteiger partial charge in [0.2, 0.25) is 0 Å². The van der Waals surface area contributed by atoms with Crippen LogP contribution in [0.3, 0.4) is 0 Å². The summed E-state index contributed by atoms with van der Waals surface area (Å²) in [6.45, 7) is 1.79. The first-order chi connectivity index (χ1) is 11.7. The van der Waals surface area contributed by atoms with Crippen molar-refractivity contribution in [1.82, 2.24) is 10.6 Å². The number of carbonyl (C=O) groups excluding carboxylic acids is 1. The summed E-state index contributed by atoms with van der Waals surface area (Å²) in [4.78, 5) is 23.1. The Morgan fingerprint density at radius 3 is 2.48 bits per heavy atom. The molecule has 1 aliphatic rings. The van der Waals surface area contributed by atoms with E-state index in [1.807, 2.05) is 30.3 Å². The Morgan fingerprint density at radius 1 is 1.24 bits per heavy atom. The molecule has 2 amide bonds. The van der Waals surface area contributed by atoms with E-state index in [0.29, 0.717) is 12.8 Å². The van der Waals surface area contributed by atoms with Gasteiger partial charge < -0.3 is 15.7 Å². The van der Waals surface area contributed by atoms with E-state index in [0.717, 1.165) is 5.56 Å². The van der Waals surface area contributed by atoms with Crippen LogP contribution in [0.1, 0.15) is 25.3 Å². The maximum Gasteiger partial charge on any atom is 0.315 e. The van der Waals surface area contributed by atoms with Gasteiger partial charge in [-0.3, -0.25) is 4.79 Å². The smallest absolute Gasteiger partial charge is 0.315 e. The Morgan fingerprint density at radius 2 is 1.92 bits per heavy atom. The monoisotopic (exact) mass is 368 g/mol. The summed E-state index contributed by atoms with van der Waals surface area (Å²) in [7, 11) is -3.11. The third-order valence-electron chi connectivity index (χ3n) is 4.32. The number of sulfone groups is 1. The third-order valence-corrected chi connectivity index (χ3v) is 6.22. The Kier molecular flexibility index (Phi) is 6.41. The highest BCUT2D eigenvalue weighted by Crippen LogP contribution is 2.18. The summed E-state index contributed by atoms with van der Waals surface area (Å²) in [6, 6.07) is 8.27. The van der Waals surface area contributed by atoms with Crippen LogP contribution in [0.2, 0.25) is 0 Å². The second-order valence-electron chi connectivity index (χ2n) is 6.60. The van der Waals surface area contributed by atoms with E-state index in [2.05, 4.69) is 10.6 Å². The zero-order valence-corrected chi connectivity index (χ0v) is 15.0. The van der Waals surface area contributed by atoms with Gasteiger partial charge in [0.25, 0.3) is 0 Å². The van der Waals surface area contributed by atoms with Crippen LogP contribution in [-0.4, -0.2) is 49.1 Å². The first-order valence-electron chi connectivity index (χ1n) is 8.28. The molecule has 0 saturated carbocycles. The van der Waals surface area contributed by atoms with Crippen molar-refractivity contribution in [3.8, 4) is 0 Å². The summed E-state index contributed by atoms with van der Waals surface area (Å²) >= 11 is 0. The van der Waals surface area contributed by atoms with Crippen molar-refractivity contribution in [2.24, 2.45) is 5.92 Å². The molecule has 2 rings (SSSR count). The van der Waals surface area contributed by atoms with Crippen molar-refractivity contribution in [1.29, 1.82) is 0 Å². The molecule has 1 aromatic carbocycles. The molecule has 7 nitrogen and oxygen atoms in total. The van der Waals surface area contributed by atoms with Crippen LogP contribution in [0.15, 0.2) is 30.3 Å². The molecule has 1 unspecified atom stereocenters. The van der Waals surface area contributed by atoms with Gasteiger partial charge in [-0.05, 0) is 24.3 Å². The number of carbonyl (C=O) groups is 2. The molecule has 0 radical (unpaired) electrons. The standard InChI is InChI=1S/C17H24N2O5S/c1-12-10-25(23,24)11-15(12)19-17(22)18-14(7-8-16(20)21)9-13-5-3-2-4-6-13/h2-6,12,14-15H,7-11H2,1H3,(H,20,21)(H2,18,19,22)/t12-,14?,15+/m0/s1. The number of hydrogen-bond acceptors (Lipinski definition) is 4. The minimum absolute atomic E-state index is 0.0496. The van der Waals surface area contributed by atoms with Gasteiger partial charge in [-0.15, -0.1) is 0 Å². The van der Waals surface area contributed by atoms with Crippen LogP contribution in [0.4, 0.5) is 4.79 Å². The van der Waals surface area contributed by atoms with Crippen molar-refractivity contribution in [3.63, 3.8) is 0 Å². The van der Waals surface area contributed by atoms with Crippen LogP contribution < -0.4 is 10.6 Å². The molecule has 0 spiro atoms. The minimum atomic E-state index is -3.11. The normalized spacial score (nSPS) is 22.9. The number of urea groups is 1. The average Bonchev–Trinajstić information content (AvgIpc) is 2.77. The summed E-state index contributed by atoms with van der Waals surface area (Å²) in [5.74, 6) is -1.04. The summed E-state index contributed by atoms with van der Waals surface area (Å²) in [6.07, 6.45) is 0.766. The first kappa shape index (κ1) is 19.2. The maximum atomic E-state index is 12.2. The maximum absolute atomic E-state index is 12.2. The van der Waals surface area contributed by atoms with Crippen molar-refractivity contribution < 1.29 is 23.1 Å². The van der Waals surface area contributed by atoms with E-state index in [1.54, 1.807) is 6.92 Å². The fourth-order valence-electron chi connectivity index (χ4n) is 3.02. The fraction of sp³-hybridized carbons (Fsp3) is 0.529. The van der Waals surface area contributed by atoms with Crippen molar-refractivity contribution in [2.75, 3.05) is 11.5 Å². The number of rotatable bonds is 7. The molecule has 0 aliphatic carbocycles. The lowest BCUT2D eigenvalue weighted by Gasteiger charge is -2.21. The molecule has 1 saturated heterocycles. The van der Waals surface area contributed by atoms with Gasteiger partial charge >= 0.3 is 12.0 Å². The van der Waals surface area contributed by atoms with Crippen LogP contribution in [0, 0.1) is 5.92 Å². The van der Waals surface area contributed by atoms with Crippen LogP contribution >= 0.6 is 0 Å². The first-order valence-corrected chi connectivity index (χ1v) is 10.1. The zero-order valence-electron chi connectivity index (χ0n) is 14.1. The molecule has 25 heavy (non-hydrogen) atoms. The van der Waals surface area contributed by atoms with Gasteiger partial charge in [-0.25, -0.2) is 13.2 Å². The Bertz CT molecular complexity index is 705. The van der Waals surface area contributed by atoms with Gasteiger partial charge in [0, 0.05) is 18.5 Å². The quantitative estimate of drug-likeness (QED) is 0.669. The van der Waals surface area contributed by atoms with Crippen molar-refractivity contribution in [2.45, 2.75) is 38.3 Å². The molecule has 1 fully saturated rings. The predicted octanol–water partition coefficient (Wildman–Crippen LogP) is 1.19. The minimum Gasteiger partial charge on any atom is -0.481 e. The second-order valence-corrected chi connectivity index (χ2v) is 8.75. The molecule has 0 bridgehead atoms. The summed E-state index contributed by atoms with van der Waals surface area (Å²) in [5.41, 5.74) is 0.995. The molecular formula is C17H24N2O5S. The van der Waals surface area contributed by atoms with Gasteiger partial charge in [-0.1, -0.05) is 37.3 Å². The SMILES string of the molecule is C[C@H]1CS(=O)(=O)C[C@H]1NC(=O)NC(CCC(=O)O)Cc1ccccc1. The summed E-state index contributed by atoms with van der Waals surface area (Å²) < 4.78 is 23.3. The second kappa shape index (κ2) is 8.33. The predicted molar refractivity (Wildman–Crippen MR) is 94.1 cm³/mol. The van der Waals surface area contributed by atoms with Crippen LogP contribution in [-0.2, 0) is 21.1 Å². The number of carboxylic acid groups (broad SMARTS) is 1. The highest BCUT2D eigenvalue weighted by Gasteiger charge is 2.35. The molecule has 1 heterocycles. The van der Waals surface area contributed by atoms with E-state index in [9.17, 15) is 18.0 Å². The van der Waals surface area contributed by atoms with Crippen molar-refractivity contribution in [3.05, 3.63) is 35.9 Å². The molecule has 0 aromatic heterocycles. The topological polar surface area (TPSA) is 113 Å². The molecule has 1 aromatic rings. The number of hydrogen-bond donors (Lipinski definition) is 3. The lowest BCUT2D eigenvalue weighted by atomic mass is 10.0. The molecular weight excluding hydrogens is 344 g/mol. The van der Waals surface area contributed by atoms with E-state index in [4.69, 9.17) is 5.11 Å². The van der Waals surface area contributed by atoms with E-state index in [1.165, 1.54) is 0 Å². The molecule has 8 heteroatoms. The van der Waals surface area contributed by atoms with Crippen LogP contribution in [0.25, 0.3) is 0 Å². The number of nitrogens with one attached hydrogen (secondary N) is 2. The largest absolute Gasteiger partial charge is 0.481 e. The number of carboxylic acids is 1. The number of benzene rings is 1. The molecule has 3 atom stereocenters. The lowest BCUT2D eigenvalue weighted by Crippen LogP contribution is -2.49. The molecule has 3 N–H and O–H groups in total.